The summed E-state index contributed by atoms with van der Waals surface area (Å²) in [6.45, 7) is 4.35. The van der Waals surface area contributed by atoms with Crippen molar-refractivity contribution in [3.63, 3.8) is 0 Å². The van der Waals surface area contributed by atoms with Crippen molar-refractivity contribution in [2.45, 2.75) is 19.4 Å². The van der Waals surface area contributed by atoms with Gasteiger partial charge in [0.05, 0.1) is 6.04 Å². The van der Waals surface area contributed by atoms with Crippen molar-refractivity contribution in [1.29, 1.82) is 0 Å². The molecule has 2 heterocycles. The lowest BCUT2D eigenvalue weighted by atomic mass is 9.99. The van der Waals surface area contributed by atoms with Gasteiger partial charge in [0.2, 0.25) is 0 Å². The zero-order chi connectivity index (χ0) is 14.7. The summed E-state index contributed by atoms with van der Waals surface area (Å²) in [5.74, 6) is 1.71. The van der Waals surface area contributed by atoms with Gasteiger partial charge in [-0.2, -0.15) is 11.3 Å². The van der Waals surface area contributed by atoms with Crippen molar-refractivity contribution < 1.29 is 9.47 Å². The van der Waals surface area contributed by atoms with Crippen LogP contribution in [-0.4, -0.2) is 19.8 Å². The van der Waals surface area contributed by atoms with E-state index >= 15 is 0 Å². The number of thiophene rings is 1. The second-order valence-corrected chi connectivity index (χ2v) is 6.53. The van der Waals surface area contributed by atoms with Crippen LogP contribution in [0.25, 0.3) is 0 Å². The highest BCUT2D eigenvalue weighted by atomic mass is 79.9. The fourth-order valence-electron chi connectivity index (χ4n) is 2.50. The number of nitrogens with one attached hydrogen (secondary N) is 1. The minimum atomic E-state index is 0.113. The van der Waals surface area contributed by atoms with Gasteiger partial charge >= 0.3 is 0 Å². The molecule has 0 radical (unpaired) electrons. The van der Waals surface area contributed by atoms with E-state index in [1.54, 1.807) is 11.3 Å². The lowest BCUT2D eigenvalue weighted by molar-refractivity contribution is 0.169. The number of rotatable bonds is 5. The van der Waals surface area contributed by atoms with Gasteiger partial charge in [-0.3, -0.25) is 0 Å². The van der Waals surface area contributed by atoms with E-state index in [4.69, 9.17) is 9.47 Å². The third-order valence-corrected chi connectivity index (χ3v) is 5.21. The Morgan fingerprint density at radius 1 is 1.24 bits per heavy atom. The van der Waals surface area contributed by atoms with Crippen molar-refractivity contribution in [3.05, 3.63) is 44.6 Å². The number of hydrogen-bond donors (Lipinski definition) is 1. The molecule has 1 N–H and O–H groups in total. The Kier molecular flexibility index (Phi) is 4.83. The second kappa shape index (κ2) is 6.81. The summed E-state index contributed by atoms with van der Waals surface area (Å²) in [5, 5.41) is 7.92. The molecule has 1 aliphatic heterocycles. The van der Waals surface area contributed by atoms with E-state index in [1.165, 1.54) is 5.56 Å². The molecular weight excluding hydrogens is 350 g/mol. The van der Waals surface area contributed by atoms with Crippen molar-refractivity contribution in [2.24, 2.45) is 0 Å². The first-order valence-corrected chi connectivity index (χ1v) is 8.88. The van der Waals surface area contributed by atoms with E-state index < -0.39 is 0 Å². The summed E-state index contributed by atoms with van der Waals surface area (Å²) in [6.07, 6.45) is 1.09. The number of benzene rings is 1. The van der Waals surface area contributed by atoms with E-state index in [0.29, 0.717) is 13.2 Å². The zero-order valence-corrected chi connectivity index (χ0v) is 14.3. The first-order chi connectivity index (χ1) is 10.3. The molecule has 2 aromatic rings. The van der Waals surface area contributed by atoms with Crippen LogP contribution in [-0.2, 0) is 0 Å². The Balaban J connectivity index is 2.02. The highest BCUT2D eigenvalue weighted by molar-refractivity contribution is 9.10. The minimum Gasteiger partial charge on any atom is -0.486 e. The molecule has 1 unspecified atom stereocenters. The van der Waals surface area contributed by atoms with Crippen molar-refractivity contribution in [1.82, 2.24) is 5.32 Å². The van der Waals surface area contributed by atoms with Crippen LogP contribution in [0.15, 0.2) is 33.4 Å². The molecule has 1 atom stereocenters. The van der Waals surface area contributed by atoms with E-state index in [-0.39, 0.29) is 6.04 Å². The van der Waals surface area contributed by atoms with Gasteiger partial charge in [-0.15, -0.1) is 0 Å². The van der Waals surface area contributed by atoms with Gasteiger partial charge in [-0.1, -0.05) is 19.1 Å². The molecule has 0 spiro atoms. The van der Waals surface area contributed by atoms with Crippen LogP contribution in [0.5, 0.6) is 11.5 Å². The Labute approximate surface area is 137 Å². The zero-order valence-electron chi connectivity index (χ0n) is 11.9. The number of halogens is 1. The number of fused-ring (bicyclic) bond motifs is 1. The molecule has 112 valence electrons. The molecule has 1 aromatic carbocycles. The molecule has 5 heteroatoms. The fourth-order valence-corrected chi connectivity index (χ4v) is 4.05. The van der Waals surface area contributed by atoms with Gasteiger partial charge in [-0.05, 0) is 45.9 Å². The molecule has 3 rings (SSSR count). The largest absolute Gasteiger partial charge is 0.486 e. The van der Waals surface area contributed by atoms with E-state index in [2.05, 4.69) is 45.0 Å². The average molecular weight is 368 g/mol. The van der Waals surface area contributed by atoms with Crippen molar-refractivity contribution in [3.8, 4) is 11.5 Å². The van der Waals surface area contributed by atoms with Gasteiger partial charge < -0.3 is 14.8 Å². The Bertz CT molecular complexity index is 614. The normalized spacial score (nSPS) is 15.0. The molecule has 0 aliphatic carbocycles. The summed E-state index contributed by atoms with van der Waals surface area (Å²) in [7, 11) is 0. The topological polar surface area (TPSA) is 30.5 Å². The van der Waals surface area contributed by atoms with Gasteiger partial charge in [0.25, 0.3) is 0 Å². The molecule has 3 nitrogen and oxygen atoms in total. The lowest BCUT2D eigenvalue weighted by Gasteiger charge is -2.26. The second-order valence-electron chi connectivity index (χ2n) is 4.93. The molecule has 21 heavy (non-hydrogen) atoms. The maximum Gasteiger partial charge on any atom is 0.166 e. The highest BCUT2D eigenvalue weighted by Gasteiger charge is 2.24. The molecule has 0 amide bonds. The monoisotopic (exact) mass is 367 g/mol. The first kappa shape index (κ1) is 14.9. The molecule has 0 saturated heterocycles. The maximum absolute atomic E-state index is 5.88. The molecule has 1 aromatic heterocycles. The number of para-hydroxylation sites is 1. The van der Waals surface area contributed by atoms with Crippen LogP contribution in [0.2, 0.25) is 0 Å². The van der Waals surface area contributed by atoms with Gasteiger partial charge in [-0.25, -0.2) is 0 Å². The predicted molar refractivity (Wildman–Crippen MR) is 89.6 cm³/mol. The van der Waals surface area contributed by atoms with Crippen LogP contribution in [0.1, 0.15) is 30.5 Å². The summed E-state index contributed by atoms with van der Waals surface area (Å²) >= 11 is 5.35. The van der Waals surface area contributed by atoms with Gasteiger partial charge in [0.1, 0.15) is 13.2 Å². The van der Waals surface area contributed by atoms with E-state index in [1.807, 2.05) is 12.1 Å². The summed E-state index contributed by atoms with van der Waals surface area (Å²) in [5.41, 5.74) is 2.38. The van der Waals surface area contributed by atoms with E-state index in [0.717, 1.165) is 34.5 Å². The van der Waals surface area contributed by atoms with Gasteiger partial charge in [0, 0.05) is 15.4 Å². The fraction of sp³-hybridized carbons (Fsp3) is 0.375. The molecule has 0 bridgehead atoms. The lowest BCUT2D eigenvalue weighted by Crippen LogP contribution is -2.25. The molecule has 0 saturated carbocycles. The Morgan fingerprint density at radius 3 is 2.86 bits per heavy atom. The Morgan fingerprint density at radius 2 is 2.10 bits per heavy atom. The summed E-state index contributed by atoms with van der Waals surface area (Å²) < 4.78 is 12.7. The first-order valence-electron chi connectivity index (χ1n) is 7.14. The average Bonchev–Trinajstić information content (AvgIpc) is 2.94. The van der Waals surface area contributed by atoms with E-state index in [9.17, 15) is 0 Å². The van der Waals surface area contributed by atoms with Crippen LogP contribution in [0.4, 0.5) is 0 Å². The van der Waals surface area contributed by atoms with Crippen LogP contribution in [0.3, 0.4) is 0 Å². The predicted octanol–water partition coefficient (Wildman–Crippen LogP) is 4.37. The van der Waals surface area contributed by atoms with Crippen LogP contribution >= 0.6 is 27.3 Å². The minimum absolute atomic E-state index is 0.113. The SMILES string of the molecule is CCCNC(c1cscc1Br)c1cccc2c1OCCO2. The number of ether oxygens (including phenoxy) is 2. The smallest absolute Gasteiger partial charge is 0.166 e. The Hall–Kier alpha value is -1.04. The van der Waals surface area contributed by atoms with Gasteiger partial charge in [0.15, 0.2) is 11.5 Å². The van der Waals surface area contributed by atoms with Crippen LogP contribution < -0.4 is 14.8 Å². The van der Waals surface area contributed by atoms with Crippen molar-refractivity contribution >= 4 is 27.3 Å². The summed E-state index contributed by atoms with van der Waals surface area (Å²) in [6, 6.07) is 6.23. The quantitative estimate of drug-likeness (QED) is 0.850. The van der Waals surface area contributed by atoms with Crippen molar-refractivity contribution in [2.75, 3.05) is 19.8 Å². The third kappa shape index (κ3) is 3.10. The number of hydrogen-bond acceptors (Lipinski definition) is 4. The molecule has 1 aliphatic rings. The molecule has 0 fully saturated rings. The highest BCUT2D eigenvalue weighted by Crippen LogP contribution is 2.41. The maximum atomic E-state index is 5.88. The standard InChI is InChI=1S/C16H18BrNO2S/c1-2-6-18-15(12-9-21-10-13(12)17)11-4-3-5-14-16(11)20-8-7-19-14/h3-5,9-10,15,18H,2,6-8H2,1H3. The third-order valence-electron chi connectivity index (χ3n) is 3.46. The van der Waals surface area contributed by atoms with Crippen LogP contribution in [0, 0.1) is 0 Å². The molecular formula is C16H18BrNO2S. The summed E-state index contributed by atoms with van der Waals surface area (Å²) in [4.78, 5) is 0.